The Hall–Kier alpha value is -1.46. The van der Waals surface area contributed by atoms with Crippen molar-refractivity contribution in [3.05, 3.63) is 24.3 Å². The molecule has 0 aromatic rings. The molecule has 2 atom stereocenters. The lowest BCUT2D eigenvalue weighted by Gasteiger charge is -2.29. The molecule has 29 heavy (non-hydrogen) atoms. The average Bonchev–Trinajstić information content (AvgIpc) is 3.30. The number of esters is 1. The number of carbonyl (C=O) groups excluding carboxylic acids is 2. The predicted molar refractivity (Wildman–Crippen MR) is 113 cm³/mol. The van der Waals surface area contributed by atoms with Gasteiger partial charge in [-0.1, -0.05) is 38.5 Å². The minimum atomic E-state index is -0.456. The van der Waals surface area contributed by atoms with Gasteiger partial charge in [0.05, 0.1) is 20.3 Å². The van der Waals surface area contributed by atoms with Crippen LogP contribution in [0.2, 0.25) is 0 Å². The van der Waals surface area contributed by atoms with Crippen molar-refractivity contribution in [2.45, 2.75) is 77.4 Å². The standard InChI is InChI=1S/C24H38O5/c1-19(2)9-8-15-24(28-17-18-29-24)16-14-20-12-13-22(25)21(20)10-6-4-5-7-11-23(26)27-3/h4,6,12-13,19-21H,5,7-11,14-18H2,1-3H3/b6-4-/t20-,21?/m1/s1. The minimum absolute atomic E-state index is 0.0148. The van der Waals surface area contributed by atoms with Crippen molar-refractivity contribution in [1.29, 1.82) is 0 Å². The zero-order chi connectivity index (χ0) is 21.1. The molecular formula is C24H38O5. The molecular weight excluding hydrogens is 368 g/mol. The molecule has 0 radical (unpaired) electrons. The van der Waals surface area contributed by atoms with Crippen molar-refractivity contribution in [2.24, 2.45) is 17.8 Å². The molecule has 1 heterocycles. The van der Waals surface area contributed by atoms with Crippen LogP contribution in [0.25, 0.3) is 0 Å². The summed E-state index contributed by atoms with van der Waals surface area (Å²) in [6, 6.07) is 0. The van der Waals surface area contributed by atoms with Crippen molar-refractivity contribution >= 4 is 11.8 Å². The Bertz CT molecular complexity index is 572. The second-order valence-corrected chi connectivity index (χ2v) is 8.64. The fourth-order valence-corrected chi connectivity index (χ4v) is 4.18. The number of methoxy groups -OCH3 is 1. The third kappa shape index (κ3) is 8.06. The van der Waals surface area contributed by atoms with Crippen LogP contribution in [0, 0.1) is 17.8 Å². The van der Waals surface area contributed by atoms with Gasteiger partial charge < -0.3 is 14.2 Å². The van der Waals surface area contributed by atoms with E-state index in [2.05, 4.69) is 36.8 Å². The first-order valence-electron chi connectivity index (χ1n) is 11.2. The zero-order valence-electron chi connectivity index (χ0n) is 18.4. The molecule has 0 bridgehead atoms. The first-order chi connectivity index (χ1) is 14.0. The van der Waals surface area contributed by atoms with Gasteiger partial charge in [-0.05, 0) is 50.0 Å². The van der Waals surface area contributed by atoms with E-state index in [1.165, 1.54) is 13.5 Å². The van der Waals surface area contributed by atoms with E-state index in [-0.39, 0.29) is 23.6 Å². The molecule has 1 aliphatic carbocycles. The van der Waals surface area contributed by atoms with E-state index in [1.54, 1.807) is 6.08 Å². The highest BCUT2D eigenvalue weighted by atomic mass is 16.7. The highest BCUT2D eigenvalue weighted by Gasteiger charge is 2.38. The Morgan fingerprint density at radius 1 is 1.24 bits per heavy atom. The monoisotopic (exact) mass is 406 g/mol. The molecule has 5 nitrogen and oxygen atoms in total. The van der Waals surface area contributed by atoms with E-state index >= 15 is 0 Å². The first-order valence-corrected chi connectivity index (χ1v) is 11.2. The van der Waals surface area contributed by atoms with Crippen LogP contribution in [0.15, 0.2) is 24.3 Å². The number of allylic oxidation sites excluding steroid dienone is 4. The van der Waals surface area contributed by atoms with Crippen LogP contribution in [0.5, 0.6) is 0 Å². The average molecular weight is 407 g/mol. The molecule has 164 valence electrons. The van der Waals surface area contributed by atoms with Crippen LogP contribution in [-0.2, 0) is 23.8 Å². The number of unbranched alkanes of at least 4 members (excludes halogenated alkanes) is 1. The van der Waals surface area contributed by atoms with Gasteiger partial charge in [-0.3, -0.25) is 9.59 Å². The van der Waals surface area contributed by atoms with E-state index in [0.29, 0.717) is 25.6 Å². The summed E-state index contributed by atoms with van der Waals surface area (Å²) in [6.45, 7) is 5.81. The Balaban J connectivity index is 1.78. The van der Waals surface area contributed by atoms with Gasteiger partial charge in [0.15, 0.2) is 11.6 Å². The summed E-state index contributed by atoms with van der Waals surface area (Å²) >= 11 is 0. The Morgan fingerprint density at radius 2 is 2.00 bits per heavy atom. The van der Waals surface area contributed by atoms with Crippen molar-refractivity contribution in [3.8, 4) is 0 Å². The maximum atomic E-state index is 12.3. The van der Waals surface area contributed by atoms with Crippen LogP contribution in [-0.4, -0.2) is 37.9 Å². The Morgan fingerprint density at radius 3 is 2.69 bits per heavy atom. The summed E-state index contributed by atoms with van der Waals surface area (Å²) in [7, 11) is 1.41. The van der Waals surface area contributed by atoms with Gasteiger partial charge in [-0.25, -0.2) is 0 Å². The van der Waals surface area contributed by atoms with Gasteiger partial charge in [0.25, 0.3) is 0 Å². The fourth-order valence-electron chi connectivity index (χ4n) is 4.18. The molecule has 2 rings (SSSR count). The second-order valence-electron chi connectivity index (χ2n) is 8.64. The molecule has 0 N–H and O–H groups in total. The lowest BCUT2D eigenvalue weighted by Crippen LogP contribution is -2.31. The lowest BCUT2D eigenvalue weighted by atomic mass is 9.86. The molecule has 1 aliphatic heterocycles. The third-order valence-corrected chi connectivity index (χ3v) is 5.94. The molecule has 0 saturated carbocycles. The van der Waals surface area contributed by atoms with Gasteiger partial charge in [0.2, 0.25) is 0 Å². The summed E-state index contributed by atoms with van der Waals surface area (Å²) in [4.78, 5) is 23.4. The van der Waals surface area contributed by atoms with Crippen LogP contribution < -0.4 is 0 Å². The molecule has 5 heteroatoms. The number of rotatable bonds is 13. The summed E-state index contributed by atoms with van der Waals surface area (Å²) in [6.07, 6.45) is 15.7. The van der Waals surface area contributed by atoms with E-state index < -0.39 is 5.79 Å². The van der Waals surface area contributed by atoms with Gasteiger partial charge >= 0.3 is 5.97 Å². The molecule has 0 spiro atoms. The summed E-state index contributed by atoms with van der Waals surface area (Å²) in [5.74, 6) is 0.539. The normalized spacial score (nSPS) is 23.5. The maximum Gasteiger partial charge on any atom is 0.305 e. The molecule has 1 fully saturated rings. The van der Waals surface area contributed by atoms with Crippen LogP contribution in [0.3, 0.4) is 0 Å². The number of carbonyl (C=O) groups is 2. The lowest BCUT2D eigenvalue weighted by molar-refractivity contribution is -0.170. The summed E-state index contributed by atoms with van der Waals surface area (Å²) in [5, 5.41) is 0. The van der Waals surface area contributed by atoms with Crippen molar-refractivity contribution in [3.63, 3.8) is 0 Å². The number of hydrogen-bond donors (Lipinski definition) is 0. The van der Waals surface area contributed by atoms with E-state index in [0.717, 1.165) is 44.9 Å². The number of ether oxygens (including phenoxy) is 3. The van der Waals surface area contributed by atoms with Crippen molar-refractivity contribution in [2.75, 3.05) is 20.3 Å². The number of ketones is 1. The Kier molecular flexibility index (Phi) is 10.1. The van der Waals surface area contributed by atoms with Gasteiger partial charge in [-0.2, -0.15) is 0 Å². The molecule has 0 amide bonds. The molecule has 0 aromatic heterocycles. The van der Waals surface area contributed by atoms with Gasteiger partial charge in [0, 0.05) is 25.2 Å². The van der Waals surface area contributed by atoms with Gasteiger partial charge in [-0.15, -0.1) is 0 Å². The fraction of sp³-hybridized carbons (Fsp3) is 0.750. The maximum absolute atomic E-state index is 12.3. The van der Waals surface area contributed by atoms with E-state index in [1.807, 2.05) is 0 Å². The smallest absolute Gasteiger partial charge is 0.305 e. The third-order valence-electron chi connectivity index (χ3n) is 5.94. The molecule has 1 unspecified atom stereocenters. The highest BCUT2D eigenvalue weighted by Crippen LogP contribution is 2.37. The SMILES string of the molecule is COC(=O)CCC/C=C\CC1C(=O)C=C[C@@H]1CCC1(CCCC(C)C)OCCO1. The van der Waals surface area contributed by atoms with Crippen molar-refractivity contribution < 1.29 is 23.8 Å². The predicted octanol–water partition coefficient (Wildman–Crippen LogP) is 5.00. The molecule has 0 aromatic carbocycles. The second kappa shape index (κ2) is 12.3. The van der Waals surface area contributed by atoms with Gasteiger partial charge in [0.1, 0.15) is 0 Å². The van der Waals surface area contributed by atoms with Crippen LogP contribution in [0.4, 0.5) is 0 Å². The highest BCUT2D eigenvalue weighted by molar-refractivity contribution is 5.94. The molecule has 1 saturated heterocycles. The zero-order valence-corrected chi connectivity index (χ0v) is 18.4. The minimum Gasteiger partial charge on any atom is -0.469 e. The quantitative estimate of drug-likeness (QED) is 0.245. The topological polar surface area (TPSA) is 61.8 Å². The van der Waals surface area contributed by atoms with Crippen LogP contribution in [0.1, 0.15) is 71.6 Å². The van der Waals surface area contributed by atoms with E-state index in [9.17, 15) is 9.59 Å². The van der Waals surface area contributed by atoms with Crippen molar-refractivity contribution in [1.82, 2.24) is 0 Å². The number of hydrogen-bond acceptors (Lipinski definition) is 5. The largest absolute Gasteiger partial charge is 0.469 e. The first kappa shape index (κ1) is 23.8. The van der Waals surface area contributed by atoms with E-state index in [4.69, 9.17) is 9.47 Å². The summed E-state index contributed by atoms with van der Waals surface area (Å²) in [5.41, 5.74) is 0. The van der Waals surface area contributed by atoms with Crippen LogP contribution >= 0.6 is 0 Å². The Labute approximate surface area is 175 Å². The molecule has 2 aliphatic rings. The summed E-state index contributed by atoms with van der Waals surface area (Å²) < 4.78 is 16.7.